The Morgan fingerprint density at radius 1 is 1.29 bits per heavy atom. The normalized spacial score (nSPS) is 15.5. The summed E-state index contributed by atoms with van der Waals surface area (Å²) in [4.78, 5) is 37.0. The molecule has 1 aliphatic rings. The van der Waals surface area contributed by atoms with Gasteiger partial charge in [-0.3, -0.25) is 4.79 Å². The van der Waals surface area contributed by atoms with Crippen LogP contribution in [0.3, 0.4) is 0 Å². The average Bonchev–Trinajstić information content (AvgIpc) is 3.01. The van der Waals surface area contributed by atoms with Crippen LogP contribution >= 0.6 is 11.8 Å². The van der Waals surface area contributed by atoms with Crippen LogP contribution in [-0.4, -0.2) is 48.3 Å². The van der Waals surface area contributed by atoms with Gasteiger partial charge in [-0.1, -0.05) is 41.6 Å². The molecule has 1 aliphatic heterocycles. The van der Waals surface area contributed by atoms with Crippen LogP contribution in [-0.2, 0) is 23.9 Å². The second-order valence-corrected chi connectivity index (χ2v) is 6.78. The monoisotopic (exact) mass is 400 g/mol. The maximum atomic E-state index is 12.1. The van der Waals surface area contributed by atoms with Gasteiger partial charge in [0.25, 0.3) is 0 Å². The molecule has 0 aromatic heterocycles. The molecule has 0 saturated carbocycles. The average molecular weight is 400 g/mol. The number of aryl methyl sites for hydroxylation is 1. The van der Waals surface area contributed by atoms with Crippen molar-refractivity contribution in [3.8, 4) is 6.07 Å². The zero-order chi connectivity index (χ0) is 20.5. The number of ether oxygens (including phenoxy) is 2. The van der Waals surface area contributed by atoms with E-state index in [2.05, 4.69) is 0 Å². The molecule has 7 nitrogen and oxygen atoms in total. The summed E-state index contributed by atoms with van der Waals surface area (Å²) in [5, 5.41) is 9.66. The van der Waals surface area contributed by atoms with E-state index in [1.165, 1.54) is 28.8 Å². The van der Waals surface area contributed by atoms with Gasteiger partial charge in [-0.15, -0.1) is 0 Å². The minimum absolute atomic E-state index is 0.0893. The van der Waals surface area contributed by atoms with E-state index in [-0.39, 0.29) is 37.0 Å². The van der Waals surface area contributed by atoms with Crippen LogP contribution in [0.15, 0.2) is 40.9 Å². The highest BCUT2D eigenvalue weighted by atomic mass is 32.2. The topological polar surface area (TPSA) is 96.7 Å². The summed E-state index contributed by atoms with van der Waals surface area (Å²) in [6.07, 6.45) is 2.70. The molecule has 0 bridgehead atoms. The number of nitriles is 1. The molecule has 0 spiro atoms. The lowest BCUT2D eigenvalue weighted by Gasteiger charge is -2.16. The highest BCUT2D eigenvalue weighted by molar-refractivity contribution is 8.04. The molecule has 1 aromatic carbocycles. The Morgan fingerprint density at radius 3 is 2.64 bits per heavy atom. The van der Waals surface area contributed by atoms with Crippen molar-refractivity contribution in [2.75, 3.05) is 25.5 Å². The van der Waals surface area contributed by atoms with Gasteiger partial charge in [-0.25, -0.2) is 9.59 Å². The van der Waals surface area contributed by atoms with Gasteiger partial charge in [0.05, 0.1) is 30.0 Å². The van der Waals surface area contributed by atoms with Crippen molar-refractivity contribution >= 4 is 35.7 Å². The van der Waals surface area contributed by atoms with Crippen molar-refractivity contribution in [1.29, 1.82) is 5.26 Å². The molecule has 8 heteroatoms. The van der Waals surface area contributed by atoms with E-state index in [1.807, 2.05) is 25.1 Å². The number of hydrogen-bond acceptors (Lipinski definition) is 7. The van der Waals surface area contributed by atoms with Crippen molar-refractivity contribution in [1.82, 2.24) is 4.90 Å². The summed E-state index contributed by atoms with van der Waals surface area (Å²) in [6.45, 7) is 3.86. The summed E-state index contributed by atoms with van der Waals surface area (Å²) in [5.41, 5.74) is 1.65. The summed E-state index contributed by atoms with van der Waals surface area (Å²) in [7, 11) is 0. The predicted molar refractivity (Wildman–Crippen MR) is 105 cm³/mol. The fourth-order valence-corrected chi connectivity index (χ4v) is 3.28. The molecule has 0 unspecified atom stereocenters. The van der Waals surface area contributed by atoms with E-state index in [1.54, 1.807) is 19.1 Å². The van der Waals surface area contributed by atoms with Gasteiger partial charge in [0.2, 0.25) is 5.91 Å². The molecule has 1 amide bonds. The Hall–Kier alpha value is -3.05. The van der Waals surface area contributed by atoms with Crippen LogP contribution in [0, 0.1) is 18.3 Å². The smallest absolute Gasteiger partial charge is 0.348 e. The van der Waals surface area contributed by atoms with Crippen LogP contribution in [0.2, 0.25) is 0 Å². The largest absolute Gasteiger partial charge is 0.463 e. The van der Waals surface area contributed by atoms with E-state index in [4.69, 9.17) is 9.47 Å². The second kappa shape index (κ2) is 10.3. The summed E-state index contributed by atoms with van der Waals surface area (Å²) < 4.78 is 9.97. The molecular formula is C20H20N2O5S. The number of rotatable bonds is 7. The van der Waals surface area contributed by atoms with Gasteiger partial charge >= 0.3 is 11.9 Å². The predicted octanol–water partition coefficient (Wildman–Crippen LogP) is 2.43. The first-order chi connectivity index (χ1) is 13.4. The fourth-order valence-electron chi connectivity index (χ4n) is 2.33. The zero-order valence-electron chi connectivity index (χ0n) is 15.6. The first-order valence-electron chi connectivity index (χ1n) is 8.61. The molecule has 146 valence electrons. The van der Waals surface area contributed by atoms with Crippen molar-refractivity contribution in [3.63, 3.8) is 0 Å². The Labute approximate surface area is 167 Å². The minimum atomic E-state index is -0.765. The maximum absolute atomic E-state index is 12.1. The zero-order valence-corrected chi connectivity index (χ0v) is 16.5. The highest BCUT2D eigenvalue weighted by Crippen LogP contribution is 2.28. The Kier molecular flexibility index (Phi) is 7.84. The molecule has 0 radical (unpaired) electrons. The number of thioether (sulfide) groups is 1. The number of carbonyl (C=O) groups excluding carboxylic acids is 3. The van der Waals surface area contributed by atoms with Crippen molar-refractivity contribution in [2.24, 2.45) is 0 Å². The number of esters is 2. The Morgan fingerprint density at radius 2 is 2.00 bits per heavy atom. The summed E-state index contributed by atoms with van der Waals surface area (Å²) in [6, 6.07) is 9.18. The number of carbonyl (C=O) groups is 3. The van der Waals surface area contributed by atoms with Crippen LogP contribution in [0.25, 0.3) is 6.08 Å². The molecule has 1 aromatic rings. The summed E-state index contributed by atoms with van der Waals surface area (Å²) in [5.74, 6) is -1.28. The molecule has 0 N–H and O–H groups in total. The highest BCUT2D eigenvalue weighted by Gasteiger charge is 2.27. The van der Waals surface area contributed by atoms with Gasteiger partial charge in [-0.2, -0.15) is 5.26 Å². The van der Waals surface area contributed by atoms with Crippen LogP contribution in [0.5, 0.6) is 0 Å². The van der Waals surface area contributed by atoms with E-state index in [0.717, 1.165) is 5.56 Å². The second-order valence-electron chi connectivity index (χ2n) is 5.79. The third-order valence-corrected chi connectivity index (χ3v) is 4.74. The SMILES string of the molecule is CCOC(=O)/C=C1\SCC(=O)N1CCOC(=O)/C(C#N)=C/c1ccc(C)cc1. The molecular weight excluding hydrogens is 380 g/mol. The van der Waals surface area contributed by atoms with E-state index < -0.39 is 11.9 Å². The molecule has 0 atom stereocenters. The first-order valence-corrected chi connectivity index (χ1v) is 9.60. The third kappa shape index (κ3) is 5.99. The van der Waals surface area contributed by atoms with Crippen molar-refractivity contribution < 1.29 is 23.9 Å². The molecule has 1 fully saturated rings. The van der Waals surface area contributed by atoms with Crippen LogP contribution in [0.4, 0.5) is 0 Å². The van der Waals surface area contributed by atoms with Gasteiger partial charge in [-0.05, 0) is 25.5 Å². The standard InChI is InChI=1S/C20H20N2O5S/c1-3-26-19(24)11-18-22(17(23)13-28-18)8-9-27-20(25)16(12-21)10-15-6-4-14(2)5-7-15/h4-7,10-11H,3,8-9,13H2,1-2H3/b16-10+,18-11-. The quantitative estimate of drug-likeness (QED) is 0.394. The van der Waals surface area contributed by atoms with E-state index in [0.29, 0.717) is 10.6 Å². The first kappa shape index (κ1) is 21.3. The number of hydrogen-bond donors (Lipinski definition) is 0. The number of amides is 1. The van der Waals surface area contributed by atoms with E-state index >= 15 is 0 Å². The third-order valence-electron chi connectivity index (χ3n) is 3.72. The minimum Gasteiger partial charge on any atom is -0.463 e. The molecule has 1 saturated heterocycles. The Balaban J connectivity index is 1.95. The molecule has 0 aliphatic carbocycles. The lowest BCUT2D eigenvalue weighted by Crippen LogP contribution is -2.29. The molecule has 2 rings (SSSR count). The van der Waals surface area contributed by atoms with Gasteiger partial charge in [0.1, 0.15) is 18.2 Å². The van der Waals surface area contributed by atoms with Gasteiger partial charge in [0, 0.05) is 0 Å². The lowest BCUT2D eigenvalue weighted by atomic mass is 10.1. The molecule has 1 heterocycles. The maximum Gasteiger partial charge on any atom is 0.348 e. The van der Waals surface area contributed by atoms with Crippen molar-refractivity contribution in [2.45, 2.75) is 13.8 Å². The molecule has 28 heavy (non-hydrogen) atoms. The Bertz CT molecular complexity index is 852. The van der Waals surface area contributed by atoms with E-state index in [9.17, 15) is 19.6 Å². The van der Waals surface area contributed by atoms with Gasteiger partial charge < -0.3 is 14.4 Å². The van der Waals surface area contributed by atoms with Crippen molar-refractivity contribution in [3.05, 3.63) is 52.1 Å². The lowest BCUT2D eigenvalue weighted by molar-refractivity contribution is -0.140. The van der Waals surface area contributed by atoms with Gasteiger partial charge in [0.15, 0.2) is 0 Å². The van der Waals surface area contributed by atoms with Crippen LogP contribution in [0.1, 0.15) is 18.1 Å². The number of nitrogens with zero attached hydrogens (tertiary/aromatic N) is 2. The van der Waals surface area contributed by atoms with Crippen LogP contribution < -0.4 is 0 Å². The fraction of sp³-hybridized carbons (Fsp3) is 0.300. The number of benzene rings is 1. The summed E-state index contributed by atoms with van der Waals surface area (Å²) >= 11 is 1.22.